The normalized spacial score (nSPS) is 21.7. The average Bonchev–Trinajstić information content (AvgIpc) is 2.30. The molecule has 6 heteroatoms. The lowest BCUT2D eigenvalue weighted by atomic mass is 10.2. The van der Waals surface area contributed by atoms with Crippen molar-refractivity contribution in [3.63, 3.8) is 0 Å². The fourth-order valence-electron chi connectivity index (χ4n) is 1.59. The third-order valence-corrected chi connectivity index (χ3v) is 3.11. The minimum absolute atomic E-state index is 0.115. The summed E-state index contributed by atoms with van der Waals surface area (Å²) in [4.78, 5) is 10.5. The first-order chi connectivity index (χ1) is 7.31. The van der Waals surface area contributed by atoms with Crippen LogP contribution in [0.5, 0.6) is 0 Å². The Labute approximate surface area is 102 Å². The average molecular weight is 320 g/mol. The molecule has 0 amide bonds. The highest BCUT2D eigenvalue weighted by Crippen LogP contribution is 2.20. The molecule has 1 aromatic heterocycles. The Bertz CT molecular complexity index is 336. The van der Waals surface area contributed by atoms with E-state index < -0.39 is 0 Å². The molecule has 15 heavy (non-hydrogen) atoms. The summed E-state index contributed by atoms with van der Waals surface area (Å²) >= 11 is 2.24. The van der Waals surface area contributed by atoms with Gasteiger partial charge in [-0.2, -0.15) is 0 Å². The molecule has 0 spiro atoms. The van der Waals surface area contributed by atoms with Crippen molar-refractivity contribution in [2.45, 2.75) is 6.10 Å². The molecule has 5 nitrogen and oxygen atoms in total. The second-order valence-corrected chi connectivity index (χ2v) is 4.53. The lowest BCUT2D eigenvalue weighted by Crippen LogP contribution is -2.46. The van der Waals surface area contributed by atoms with Gasteiger partial charge in [0.2, 0.25) is 0 Å². The fourth-order valence-corrected chi connectivity index (χ4v) is 2.23. The zero-order valence-electron chi connectivity index (χ0n) is 8.27. The van der Waals surface area contributed by atoms with Crippen LogP contribution in [0.25, 0.3) is 0 Å². The van der Waals surface area contributed by atoms with Crippen molar-refractivity contribution in [2.24, 2.45) is 5.73 Å². The predicted octanol–water partition coefficient (Wildman–Crippen LogP) is 0.245. The van der Waals surface area contributed by atoms with Crippen LogP contribution in [-0.2, 0) is 4.74 Å². The molecule has 1 aromatic rings. The van der Waals surface area contributed by atoms with Crippen molar-refractivity contribution in [3.8, 4) is 0 Å². The van der Waals surface area contributed by atoms with Gasteiger partial charge in [0.15, 0.2) is 0 Å². The van der Waals surface area contributed by atoms with Gasteiger partial charge < -0.3 is 15.4 Å². The molecule has 2 N–H and O–H groups in total. The number of nitrogens with two attached hydrogens (primary N) is 1. The summed E-state index contributed by atoms with van der Waals surface area (Å²) in [5, 5.41) is 0. The summed E-state index contributed by atoms with van der Waals surface area (Å²) in [6.45, 7) is 2.94. The van der Waals surface area contributed by atoms with Gasteiger partial charge in [-0.3, -0.25) is 0 Å². The first kappa shape index (κ1) is 11.0. The summed E-state index contributed by atoms with van der Waals surface area (Å²) < 4.78 is 6.57. The van der Waals surface area contributed by atoms with Crippen LogP contribution in [0.1, 0.15) is 0 Å². The number of aromatic nitrogens is 2. The molecule has 1 fully saturated rings. The summed E-state index contributed by atoms with van der Waals surface area (Å²) in [5.74, 6) is 0.979. The summed E-state index contributed by atoms with van der Waals surface area (Å²) in [5.41, 5.74) is 5.60. The van der Waals surface area contributed by atoms with Crippen molar-refractivity contribution in [1.29, 1.82) is 0 Å². The standard InChI is InChI=1S/C9H13IN4O/c10-8-4-12-6-13-9(8)14-1-2-15-7(3-11)5-14/h4,6-7H,1-3,5,11H2. The number of halogens is 1. The maximum atomic E-state index is 5.60. The molecule has 1 aliphatic heterocycles. The second-order valence-electron chi connectivity index (χ2n) is 3.37. The SMILES string of the molecule is NCC1CN(c2ncncc2I)CCO1. The highest BCUT2D eigenvalue weighted by Gasteiger charge is 2.21. The monoisotopic (exact) mass is 320 g/mol. The number of hydrogen-bond donors (Lipinski definition) is 1. The predicted molar refractivity (Wildman–Crippen MR) is 65.8 cm³/mol. The van der Waals surface area contributed by atoms with E-state index in [0.29, 0.717) is 13.2 Å². The highest BCUT2D eigenvalue weighted by molar-refractivity contribution is 14.1. The Kier molecular flexibility index (Phi) is 3.71. The van der Waals surface area contributed by atoms with Gasteiger partial charge >= 0.3 is 0 Å². The number of nitrogens with zero attached hydrogens (tertiary/aromatic N) is 3. The van der Waals surface area contributed by atoms with E-state index in [4.69, 9.17) is 10.5 Å². The fraction of sp³-hybridized carbons (Fsp3) is 0.556. The van der Waals surface area contributed by atoms with Gasteiger partial charge in [-0.25, -0.2) is 9.97 Å². The first-order valence-corrected chi connectivity index (χ1v) is 5.91. The van der Waals surface area contributed by atoms with Crippen LogP contribution < -0.4 is 10.6 Å². The zero-order valence-corrected chi connectivity index (χ0v) is 10.4. The molecule has 0 radical (unpaired) electrons. The molecule has 0 aliphatic carbocycles. The molecule has 1 unspecified atom stereocenters. The van der Waals surface area contributed by atoms with Crippen LogP contribution in [0.2, 0.25) is 0 Å². The quantitative estimate of drug-likeness (QED) is 0.791. The smallest absolute Gasteiger partial charge is 0.145 e. The van der Waals surface area contributed by atoms with Crippen LogP contribution in [-0.4, -0.2) is 42.3 Å². The van der Waals surface area contributed by atoms with Crippen LogP contribution >= 0.6 is 22.6 Å². The Balaban J connectivity index is 2.13. The summed E-state index contributed by atoms with van der Waals surface area (Å²) in [7, 11) is 0. The molecule has 2 heterocycles. The molecular formula is C9H13IN4O. The van der Waals surface area contributed by atoms with Crippen LogP contribution in [0.3, 0.4) is 0 Å². The van der Waals surface area contributed by atoms with Gasteiger partial charge in [0, 0.05) is 25.8 Å². The van der Waals surface area contributed by atoms with Gasteiger partial charge in [-0.15, -0.1) is 0 Å². The van der Waals surface area contributed by atoms with Gasteiger partial charge in [-0.05, 0) is 22.6 Å². The van der Waals surface area contributed by atoms with Crippen molar-refractivity contribution < 1.29 is 4.74 Å². The summed E-state index contributed by atoms with van der Waals surface area (Å²) in [6.07, 6.45) is 3.50. The van der Waals surface area contributed by atoms with E-state index in [1.54, 1.807) is 6.33 Å². The molecule has 0 aromatic carbocycles. The van der Waals surface area contributed by atoms with Crippen molar-refractivity contribution in [2.75, 3.05) is 31.1 Å². The molecule has 1 saturated heterocycles. The number of anilines is 1. The van der Waals surface area contributed by atoms with Crippen LogP contribution in [0.15, 0.2) is 12.5 Å². The molecule has 1 aliphatic rings. The van der Waals surface area contributed by atoms with E-state index in [9.17, 15) is 0 Å². The first-order valence-electron chi connectivity index (χ1n) is 4.83. The van der Waals surface area contributed by atoms with E-state index in [0.717, 1.165) is 22.5 Å². The van der Waals surface area contributed by atoms with E-state index >= 15 is 0 Å². The van der Waals surface area contributed by atoms with Gasteiger partial charge in [0.05, 0.1) is 16.3 Å². The van der Waals surface area contributed by atoms with Crippen LogP contribution in [0.4, 0.5) is 5.82 Å². The molecule has 1 atom stereocenters. The molecular weight excluding hydrogens is 307 g/mol. The maximum absolute atomic E-state index is 5.60. The number of hydrogen-bond acceptors (Lipinski definition) is 5. The minimum atomic E-state index is 0.115. The molecule has 2 rings (SSSR count). The van der Waals surface area contributed by atoms with Gasteiger partial charge in [0.25, 0.3) is 0 Å². The van der Waals surface area contributed by atoms with E-state index in [1.165, 1.54) is 0 Å². The highest BCUT2D eigenvalue weighted by atomic mass is 127. The molecule has 82 valence electrons. The Morgan fingerprint density at radius 1 is 1.67 bits per heavy atom. The van der Waals surface area contributed by atoms with Gasteiger partial charge in [-0.1, -0.05) is 0 Å². The zero-order chi connectivity index (χ0) is 10.7. The molecule has 0 saturated carbocycles. The van der Waals surface area contributed by atoms with Gasteiger partial charge in [0.1, 0.15) is 12.1 Å². The minimum Gasteiger partial charge on any atom is -0.373 e. The van der Waals surface area contributed by atoms with Crippen molar-refractivity contribution >= 4 is 28.4 Å². The number of ether oxygens (including phenoxy) is 1. The topological polar surface area (TPSA) is 64.3 Å². The van der Waals surface area contributed by atoms with E-state index in [1.807, 2.05) is 6.20 Å². The van der Waals surface area contributed by atoms with E-state index in [2.05, 4.69) is 37.5 Å². The Morgan fingerprint density at radius 2 is 2.53 bits per heavy atom. The third kappa shape index (κ3) is 2.56. The largest absolute Gasteiger partial charge is 0.373 e. The lowest BCUT2D eigenvalue weighted by Gasteiger charge is -2.33. The van der Waals surface area contributed by atoms with E-state index in [-0.39, 0.29) is 6.10 Å². The number of rotatable bonds is 2. The second kappa shape index (κ2) is 5.04. The lowest BCUT2D eigenvalue weighted by molar-refractivity contribution is 0.0462. The van der Waals surface area contributed by atoms with Crippen molar-refractivity contribution in [1.82, 2.24) is 9.97 Å². The van der Waals surface area contributed by atoms with Crippen LogP contribution in [0, 0.1) is 3.57 Å². The summed E-state index contributed by atoms with van der Waals surface area (Å²) in [6, 6.07) is 0. The Morgan fingerprint density at radius 3 is 3.27 bits per heavy atom. The maximum Gasteiger partial charge on any atom is 0.145 e. The Hall–Kier alpha value is -0.470. The third-order valence-electron chi connectivity index (χ3n) is 2.35. The van der Waals surface area contributed by atoms with Crippen molar-refractivity contribution in [3.05, 3.63) is 16.1 Å². The number of morpholine rings is 1. The molecule has 0 bridgehead atoms.